The maximum Gasteiger partial charge on any atom is 0.291 e. The molecule has 0 unspecified atom stereocenters. The second-order valence-electron chi connectivity index (χ2n) is 3.89. The standard InChI is InChI=1S/C12H9N3O3/c16-10-5-7-4-8(6-13-11(7)15-10)14-12(17)9-2-1-3-18-9/h1-4,6H,5H2,(H,14,17)(H,13,15,16). The predicted molar refractivity (Wildman–Crippen MR) is 63.2 cm³/mol. The number of fused-ring (bicyclic) bond motifs is 1. The SMILES string of the molecule is O=C1Cc2cc(NC(=O)c3ccco3)cnc2N1. The summed E-state index contributed by atoms with van der Waals surface area (Å²) in [4.78, 5) is 27.0. The number of carbonyl (C=O) groups excluding carboxylic acids is 2. The highest BCUT2D eigenvalue weighted by atomic mass is 16.3. The Morgan fingerprint density at radius 3 is 3.17 bits per heavy atom. The van der Waals surface area contributed by atoms with Crippen LogP contribution in [-0.4, -0.2) is 16.8 Å². The van der Waals surface area contributed by atoms with Crippen LogP contribution in [0, 0.1) is 0 Å². The highest BCUT2D eigenvalue weighted by Gasteiger charge is 2.19. The lowest BCUT2D eigenvalue weighted by Gasteiger charge is -2.04. The van der Waals surface area contributed by atoms with Crippen molar-refractivity contribution >= 4 is 23.3 Å². The van der Waals surface area contributed by atoms with Gasteiger partial charge in [0.2, 0.25) is 5.91 Å². The van der Waals surface area contributed by atoms with Crippen molar-refractivity contribution < 1.29 is 14.0 Å². The zero-order chi connectivity index (χ0) is 12.5. The third-order valence-electron chi connectivity index (χ3n) is 2.58. The van der Waals surface area contributed by atoms with Crippen LogP contribution >= 0.6 is 0 Å². The molecule has 0 aromatic carbocycles. The van der Waals surface area contributed by atoms with E-state index in [4.69, 9.17) is 4.42 Å². The van der Waals surface area contributed by atoms with Gasteiger partial charge in [0.05, 0.1) is 24.6 Å². The molecule has 1 aliphatic heterocycles. The third kappa shape index (κ3) is 1.84. The average molecular weight is 243 g/mol. The van der Waals surface area contributed by atoms with E-state index < -0.39 is 0 Å². The van der Waals surface area contributed by atoms with Gasteiger partial charge in [0.25, 0.3) is 5.91 Å². The number of furan rings is 1. The van der Waals surface area contributed by atoms with Crippen molar-refractivity contribution in [2.24, 2.45) is 0 Å². The molecule has 0 saturated heterocycles. The van der Waals surface area contributed by atoms with Crippen molar-refractivity contribution in [3.8, 4) is 0 Å². The highest BCUT2D eigenvalue weighted by molar-refractivity contribution is 6.03. The Morgan fingerprint density at radius 2 is 2.39 bits per heavy atom. The van der Waals surface area contributed by atoms with Gasteiger partial charge in [-0.25, -0.2) is 4.98 Å². The summed E-state index contributed by atoms with van der Waals surface area (Å²) in [6.07, 6.45) is 3.20. The van der Waals surface area contributed by atoms with Crippen molar-refractivity contribution in [1.29, 1.82) is 0 Å². The van der Waals surface area contributed by atoms with Crippen molar-refractivity contribution in [3.05, 3.63) is 42.0 Å². The van der Waals surface area contributed by atoms with Crippen LogP contribution in [0.3, 0.4) is 0 Å². The van der Waals surface area contributed by atoms with Crippen LogP contribution in [-0.2, 0) is 11.2 Å². The predicted octanol–water partition coefficient (Wildman–Crippen LogP) is 1.42. The molecule has 3 rings (SSSR count). The molecule has 0 atom stereocenters. The Hall–Kier alpha value is -2.63. The Kier molecular flexibility index (Phi) is 2.33. The lowest BCUT2D eigenvalue weighted by Crippen LogP contribution is -2.11. The summed E-state index contributed by atoms with van der Waals surface area (Å²) in [7, 11) is 0. The smallest absolute Gasteiger partial charge is 0.291 e. The fraction of sp³-hybridized carbons (Fsp3) is 0.0833. The van der Waals surface area contributed by atoms with E-state index in [2.05, 4.69) is 15.6 Å². The largest absolute Gasteiger partial charge is 0.459 e. The van der Waals surface area contributed by atoms with Crippen molar-refractivity contribution in [1.82, 2.24) is 4.98 Å². The van der Waals surface area contributed by atoms with Crippen molar-refractivity contribution in [2.75, 3.05) is 10.6 Å². The molecule has 18 heavy (non-hydrogen) atoms. The monoisotopic (exact) mass is 243 g/mol. The zero-order valence-electron chi connectivity index (χ0n) is 9.27. The summed E-state index contributed by atoms with van der Waals surface area (Å²) in [5.41, 5.74) is 1.31. The van der Waals surface area contributed by atoms with Crippen LogP contribution in [0.2, 0.25) is 0 Å². The molecule has 0 spiro atoms. The molecule has 0 radical (unpaired) electrons. The fourth-order valence-electron chi connectivity index (χ4n) is 1.78. The molecule has 6 heteroatoms. The van der Waals surface area contributed by atoms with Gasteiger partial charge in [-0.1, -0.05) is 0 Å². The number of nitrogens with one attached hydrogen (secondary N) is 2. The number of rotatable bonds is 2. The second-order valence-corrected chi connectivity index (χ2v) is 3.89. The van der Waals surface area contributed by atoms with Crippen LogP contribution in [0.4, 0.5) is 11.5 Å². The molecule has 90 valence electrons. The number of hydrogen-bond donors (Lipinski definition) is 2. The lowest BCUT2D eigenvalue weighted by atomic mass is 10.2. The van der Waals surface area contributed by atoms with Crippen molar-refractivity contribution in [2.45, 2.75) is 6.42 Å². The number of hydrogen-bond acceptors (Lipinski definition) is 4. The fourth-order valence-corrected chi connectivity index (χ4v) is 1.78. The van der Waals surface area contributed by atoms with E-state index in [-0.39, 0.29) is 24.0 Å². The minimum atomic E-state index is -0.348. The number of carbonyl (C=O) groups is 2. The molecule has 0 aliphatic carbocycles. The number of pyridine rings is 1. The van der Waals surface area contributed by atoms with Gasteiger partial charge in [-0.05, 0) is 18.2 Å². The van der Waals surface area contributed by atoms with Gasteiger partial charge >= 0.3 is 0 Å². The molecule has 2 aromatic rings. The van der Waals surface area contributed by atoms with Gasteiger partial charge in [-0.3, -0.25) is 9.59 Å². The summed E-state index contributed by atoms with van der Waals surface area (Å²) in [6.45, 7) is 0. The molecule has 2 N–H and O–H groups in total. The quantitative estimate of drug-likeness (QED) is 0.835. The van der Waals surface area contributed by atoms with E-state index >= 15 is 0 Å². The molecule has 2 aromatic heterocycles. The maximum atomic E-state index is 11.7. The number of amides is 2. The minimum absolute atomic E-state index is 0.0907. The Balaban J connectivity index is 1.80. The summed E-state index contributed by atoms with van der Waals surface area (Å²) in [5, 5.41) is 5.28. The van der Waals surface area contributed by atoms with Crippen LogP contribution < -0.4 is 10.6 Å². The minimum Gasteiger partial charge on any atom is -0.459 e. The molecule has 1 aliphatic rings. The van der Waals surface area contributed by atoms with E-state index in [9.17, 15) is 9.59 Å². The van der Waals surface area contributed by atoms with E-state index in [1.807, 2.05) is 0 Å². The number of aromatic nitrogens is 1. The van der Waals surface area contributed by atoms with E-state index in [0.717, 1.165) is 5.56 Å². The van der Waals surface area contributed by atoms with Crippen molar-refractivity contribution in [3.63, 3.8) is 0 Å². The topological polar surface area (TPSA) is 84.2 Å². The van der Waals surface area contributed by atoms with Gasteiger partial charge in [-0.15, -0.1) is 0 Å². The summed E-state index contributed by atoms with van der Waals surface area (Å²) >= 11 is 0. The Morgan fingerprint density at radius 1 is 1.50 bits per heavy atom. The third-order valence-corrected chi connectivity index (χ3v) is 2.58. The lowest BCUT2D eigenvalue weighted by molar-refractivity contribution is -0.115. The first-order valence-electron chi connectivity index (χ1n) is 5.36. The maximum absolute atomic E-state index is 11.7. The summed E-state index contributed by atoms with van der Waals surface area (Å²) in [5.74, 6) is 0.340. The summed E-state index contributed by atoms with van der Waals surface area (Å²) in [6, 6.07) is 4.93. The average Bonchev–Trinajstić information content (AvgIpc) is 2.95. The van der Waals surface area contributed by atoms with Gasteiger partial charge in [0, 0.05) is 5.56 Å². The molecule has 0 bridgehead atoms. The van der Waals surface area contributed by atoms with E-state index in [1.165, 1.54) is 12.5 Å². The number of anilines is 2. The van der Waals surface area contributed by atoms with Crippen LogP contribution in [0.5, 0.6) is 0 Å². The van der Waals surface area contributed by atoms with E-state index in [0.29, 0.717) is 11.5 Å². The Labute approximate surface area is 102 Å². The number of nitrogens with zero attached hydrogens (tertiary/aromatic N) is 1. The van der Waals surface area contributed by atoms with Gasteiger partial charge in [0.15, 0.2) is 5.76 Å². The molecule has 2 amide bonds. The molecular weight excluding hydrogens is 234 g/mol. The zero-order valence-corrected chi connectivity index (χ0v) is 9.27. The van der Waals surface area contributed by atoms with E-state index in [1.54, 1.807) is 18.2 Å². The Bertz CT molecular complexity index is 620. The van der Waals surface area contributed by atoms with Gasteiger partial charge in [0.1, 0.15) is 5.82 Å². The molecule has 3 heterocycles. The molecular formula is C12H9N3O3. The summed E-state index contributed by atoms with van der Waals surface area (Å²) < 4.78 is 4.98. The van der Waals surface area contributed by atoms with Gasteiger partial charge in [-0.2, -0.15) is 0 Å². The molecule has 6 nitrogen and oxygen atoms in total. The normalized spacial score (nSPS) is 13.0. The van der Waals surface area contributed by atoms with Crippen LogP contribution in [0.1, 0.15) is 16.1 Å². The van der Waals surface area contributed by atoms with Gasteiger partial charge < -0.3 is 15.1 Å². The first-order valence-corrected chi connectivity index (χ1v) is 5.36. The van der Waals surface area contributed by atoms with Crippen LogP contribution in [0.15, 0.2) is 35.1 Å². The first kappa shape index (κ1) is 10.5. The highest BCUT2D eigenvalue weighted by Crippen LogP contribution is 2.23. The first-order chi connectivity index (χ1) is 8.72. The van der Waals surface area contributed by atoms with Crippen LogP contribution in [0.25, 0.3) is 0 Å². The molecule has 0 fully saturated rings. The second kappa shape index (κ2) is 3.99. The molecule has 0 saturated carbocycles.